The summed E-state index contributed by atoms with van der Waals surface area (Å²) in [7, 11) is 1.34. The minimum absolute atomic E-state index is 0.242. The van der Waals surface area contributed by atoms with Crippen molar-refractivity contribution < 1.29 is 14.3 Å². The van der Waals surface area contributed by atoms with E-state index in [0.717, 1.165) is 16.8 Å². The Labute approximate surface area is 163 Å². The number of hydrogen-bond donors (Lipinski definition) is 2. The Morgan fingerprint density at radius 2 is 1.68 bits per heavy atom. The summed E-state index contributed by atoms with van der Waals surface area (Å²) >= 11 is 0. The lowest BCUT2D eigenvalue weighted by Gasteiger charge is -2.11. The van der Waals surface area contributed by atoms with Crippen LogP contribution in [0.5, 0.6) is 0 Å². The van der Waals surface area contributed by atoms with Crippen LogP contribution < -0.4 is 10.6 Å². The molecule has 0 spiro atoms. The summed E-state index contributed by atoms with van der Waals surface area (Å²) in [5.74, 6) is -0.656. The normalized spacial score (nSPS) is 10.2. The molecule has 0 saturated heterocycles. The van der Waals surface area contributed by atoms with E-state index >= 15 is 0 Å². The zero-order valence-corrected chi connectivity index (χ0v) is 15.9. The molecule has 3 rings (SSSR count). The third-order valence-electron chi connectivity index (χ3n) is 4.43. The van der Waals surface area contributed by atoms with Crippen LogP contribution in [0.4, 0.5) is 17.1 Å². The number of aromatic nitrogens is 1. The van der Waals surface area contributed by atoms with Crippen molar-refractivity contribution >= 4 is 28.9 Å². The van der Waals surface area contributed by atoms with Gasteiger partial charge in [0.2, 0.25) is 0 Å². The maximum absolute atomic E-state index is 12.6. The van der Waals surface area contributed by atoms with E-state index in [2.05, 4.69) is 15.6 Å². The molecule has 0 atom stereocenters. The van der Waals surface area contributed by atoms with E-state index in [1.54, 1.807) is 30.5 Å². The predicted octanol–water partition coefficient (Wildman–Crippen LogP) is 4.48. The van der Waals surface area contributed by atoms with Crippen molar-refractivity contribution in [2.75, 3.05) is 17.7 Å². The number of methoxy groups -OCH3 is 1. The molecule has 0 aliphatic carbocycles. The van der Waals surface area contributed by atoms with Gasteiger partial charge in [0.1, 0.15) is 0 Å². The largest absolute Gasteiger partial charge is 0.465 e. The summed E-state index contributed by atoms with van der Waals surface area (Å²) in [6.45, 7) is 3.97. The number of carbonyl (C=O) groups is 2. The fourth-order valence-electron chi connectivity index (χ4n) is 2.72. The first-order chi connectivity index (χ1) is 13.5. The van der Waals surface area contributed by atoms with Gasteiger partial charge in [-0.05, 0) is 55.3 Å². The third kappa shape index (κ3) is 4.35. The van der Waals surface area contributed by atoms with Crippen LogP contribution in [-0.2, 0) is 4.74 Å². The van der Waals surface area contributed by atoms with Crippen molar-refractivity contribution in [3.05, 3.63) is 83.2 Å². The van der Waals surface area contributed by atoms with E-state index in [4.69, 9.17) is 4.74 Å². The van der Waals surface area contributed by atoms with Crippen molar-refractivity contribution in [2.24, 2.45) is 0 Å². The molecule has 0 aliphatic heterocycles. The van der Waals surface area contributed by atoms with E-state index in [9.17, 15) is 9.59 Å². The third-order valence-corrected chi connectivity index (χ3v) is 4.43. The maximum Gasteiger partial charge on any atom is 0.337 e. The molecule has 0 radical (unpaired) electrons. The van der Waals surface area contributed by atoms with Gasteiger partial charge < -0.3 is 15.4 Å². The van der Waals surface area contributed by atoms with E-state index in [1.807, 2.05) is 38.1 Å². The average Bonchev–Trinajstić information content (AvgIpc) is 2.71. The second-order valence-corrected chi connectivity index (χ2v) is 6.36. The number of hydrogen-bond acceptors (Lipinski definition) is 5. The van der Waals surface area contributed by atoms with Gasteiger partial charge in [-0.1, -0.05) is 18.2 Å². The number of pyridine rings is 1. The Kier molecular flexibility index (Phi) is 5.69. The Morgan fingerprint density at radius 3 is 2.46 bits per heavy atom. The summed E-state index contributed by atoms with van der Waals surface area (Å²) in [5.41, 5.74) is 5.09. The smallest absolute Gasteiger partial charge is 0.337 e. The molecule has 1 heterocycles. The van der Waals surface area contributed by atoms with Crippen LogP contribution in [0.2, 0.25) is 0 Å². The van der Waals surface area contributed by atoms with Crippen molar-refractivity contribution in [2.45, 2.75) is 13.8 Å². The van der Waals surface area contributed by atoms with Gasteiger partial charge in [0.25, 0.3) is 5.91 Å². The molecule has 1 amide bonds. The number of esters is 1. The minimum Gasteiger partial charge on any atom is -0.465 e. The van der Waals surface area contributed by atoms with Crippen molar-refractivity contribution in [3.63, 3.8) is 0 Å². The number of rotatable bonds is 5. The molecular formula is C22H21N3O3. The molecule has 28 heavy (non-hydrogen) atoms. The van der Waals surface area contributed by atoms with Crippen LogP contribution in [0.1, 0.15) is 31.8 Å². The van der Waals surface area contributed by atoms with Crippen molar-refractivity contribution in [3.8, 4) is 0 Å². The van der Waals surface area contributed by atoms with Crippen LogP contribution in [0.15, 0.2) is 60.9 Å². The summed E-state index contributed by atoms with van der Waals surface area (Å²) < 4.78 is 4.73. The van der Waals surface area contributed by atoms with Gasteiger partial charge >= 0.3 is 5.97 Å². The quantitative estimate of drug-likeness (QED) is 0.643. The number of nitrogens with one attached hydrogen (secondary N) is 2. The fourth-order valence-corrected chi connectivity index (χ4v) is 2.72. The standard InChI is InChI=1S/C22H21N3O3/c1-14-6-4-9-20(15(14)2)25-21(26)17-11-19(13-23-12-17)24-18-8-5-7-16(10-18)22(27)28-3/h4-13,24H,1-3H3,(H,25,26). The SMILES string of the molecule is COC(=O)c1cccc(Nc2cncc(C(=O)Nc3cccc(C)c3C)c2)c1. The minimum atomic E-state index is -0.413. The number of anilines is 3. The molecule has 6 nitrogen and oxygen atoms in total. The lowest BCUT2D eigenvalue weighted by atomic mass is 10.1. The molecule has 0 bridgehead atoms. The topological polar surface area (TPSA) is 80.3 Å². The molecule has 0 aliphatic rings. The van der Waals surface area contributed by atoms with Gasteiger partial charge in [0, 0.05) is 17.6 Å². The molecule has 142 valence electrons. The second-order valence-electron chi connectivity index (χ2n) is 6.36. The van der Waals surface area contributed by atoms with Crippen LogP contribution in [0, 0.1) is 13.8 Å². The van der Waals surface area contributed by atoms with Gasteiger partial charge in [0.05, 0.1) is 30.1 Å². The summed E-state index contributed by atoms with van der Waals surface area (Å²) in [5, 5.41) is 6.07. The first-order valence-corrected chi connectivity index (χ1v) is 8.76. The second kappa shape index (κ2) is 8.35. The maximum atomic E-state index is 12.6. The highest BCUT2D eigenvalue weighted by atomic mass is 16.5. The Bertz CT molecular complexity index is 1030. The molecule has 0 fully saturated rings. The highest BCUT2D eigenvalue weighted by Crippen LogP contribution is 2.21. The molecule has 1 aromatic heterocycles. The fraction of sp³-hybridized carbons (Fsp3) is 0.136. The Morgan fingerprint density at radius 1 is 0.929 bits per heavy atom. The van der Waals surface area contributed by atoms with Gasteiger partial charge in [-0.2, -0.15) is 0 Å². The summed E-state index contributed by atoms with van der Waals surface area (Å²) in [6.07, 6.45) is 3.12. The highest BCUT2D eigenvalue weighted by Gasteiger charge is 2.11. The van der Waals surface area contributed by atoms with E-state index in [1.165, 1.54) is 13.3 Å². The molecule has 6 heteroatoms. The summed E-state index contributed by atoms with van der Waals surface area (Å²) in [4.78, 5) is 28.4. The lowest BCUT2D eigenvalue weighted by molar-refractivity contribution is 0.0600. The number of benzene rings is 2. The van der Waals surface area contributed by atoms with Gasteiger partial charge in [0.15, 0.2) is 0 Å². The van der Waals surface area contributed by atoms with Gasteiger partial charge in [-0.15, -0.1) is 0 Å². The molecule has 0 saturated carbocycles. The molecule has 2 aromatic carbocycles. The molecule has 2 N–H and O–H groups in total. The Balaban J connectivity index is 1.78. The first-order valence-electron chi connectivity index (χ1n) is 8.76. The Hall–Kier alpha value is -3.67. The predicted molar refractivity (Wildman–Crippen MR) is 109 cm³/mol. The van der Waals surface area contributed by atoms with Gasteiger partial charge in [-0.3, -0.25) is 9.78 Å². The zero-order valence-electron chi connectivity index (χ0n) is 15.9. The number of aryl methyl sites for hydroxylation is 1. The number of nitrogens with zero attached hydrogens (tertiary/aromatic N) is 1. The van der Waals surface area contributed by atoms with Crippen LogP contribution in [0.3, 0.4) is 0 Å². The van der Waals surface area contributed by atoms with Crippen LogP contribution in [-0.4, -0.2) is 24.0 Å². The van der Waals surface area contributed by atoms with Crippen molar-refractivity contribution in [1.29, 1.82) is 0 Å². The summed E-state index contributed by atoms with van der Waals surface area (Å²) in [6, 6.07) is 14.4. The number of amides is 1. The van der Waals surface area contributed by atoms with E-state index < -0.39 is 5.97 Å². The number of carbonyl (C=O) groups excluding carboxylic acids is 2. The van der Waals surface area contributed by atoms with E-state index in [0.29, 0.717) is 22.5 Å². The van der Waals surface area contributed by atoms with Crippen molar-refractivity contribution in [1.82, 2.24) is 4.98 Å². The van der Waals surface area contributed by atoms with Crippen LogP contribution in [0.25, 0.3) is 0 Å². The number of ether oxygens (including phenoxy) is 1. The molecule has 3 aromatic rings. The average molecular weight is 375 g/mol. The lowest BCUT2D eigenvalue weighted by Crippen LogP contribution is -2.13. The van der Waals surface area contributed by atoms with Crippen LogP contribution >= 0.6 is 0 Å². The molecule has 0 unspecified atom stereocenters. The highest BCUT2D eigenvalue weighted by molar-refractivity contribution is 6.05. The monoisotopic (exact) mass is 375 g/mol. The van der Waals surface area contributed by atoms with E-state index in [-0.39, 0.29) is 5.91 Å². The zero-order chi connectivity index (χ0) is 20.1. The molecular weight excluding hydrogens is 354 g/mol. The van der Waals surface area contributed by atoms with Gasteiger partial charge in [-0.25, -0.2) is 4.79 Å². The first kappa shape index (κ1) is 19.1.